The summed E-state index contributed by atoms with van der Waals surface area (Å²) in [6.45, 7) is 2.34. The third-order valence-electron chi connectivity index (χ3n) is 0.792. The number of nitrogens with one attached hydrogen (secondary N) is 1. The van der Waals surface area contributed by atoms with E-state index in [1.807, 2.05) is 7.05 Å². The lowest BCUT2D eigenvalue weighted by Crippen LogP contribution is -2.11. The van der Waals surface area contributed by atoms with Crippen LogP contribution in [0.4, 0.5) is 4.39 Å². The minimum Gasteiger partial charge on any atom is -0.320 e. The minimum atomic E-state index is -0.660. The van der Waals surface area contributed by atoms with Gasteiger partial charge >= 0.3 is 0 Å². The maximum atomic E-state index is 11.8. The van der Waals surface area contributed by atoms with Crippen LogP contribution in [0.5, 0.6) is 0 Å². The molecule has 0 aliphatic carbocycles. The highest BCUT2D eigenvalue weighted by Gasteiger charge is 1.92. The summed E-state index contributed by atoms with van der Waals surface area (Å²) >= 11 is 0. The molecule has 0 aromatic carbocycles. The van der Waals surface area contributed by atoms with E-state index < -0.39 is 6.17 Å². The van der Waals surface area contributed by atoms with Crippen molar-refractivity contribution in [2.24, 2.45) is 0 Å². The first-order chi connectivity index (χ1) is 3.27. The molecule has 0 fully saturated rings. The van der Waals surface area contributed by atoms with Crippen molar-refractivity contribution in [3.63, 3.8) is 0 Å². The van der Waals surface area contributed by atoms with E-state index in [0.717, 1.165) is 6.54 Å². The summed E-state index contributed by atoms with van der Waals surface area (Å²) in [7, 11) is 1.82. The van der Waals surface area contributed by atoms with Crippen LogP contribution < -0.4 is 5.32 Å². The summed E-state index contributed by atoms with van der Waals surface area (Å²) < 4.78 is 11.8. The molecule has 0 radical (unpaired) electrons. The van der Waals surface area contributed by atoms with Crippen molar-refractivity contribution in [3.05, 3.63) is 0 Å². The van der Waals surface area contributed by atoms with Crippen LogP contribution in [0.3, 0.4) is 0 Å². The maximum Gasteiger partial charge on any atom is 0.0985 e. The Morgan fingerprint density at radius 3 is 2.43 bits per heavy atom. The van der Waals surface area contributed by atoms with Crippen LogP contribution in [0.2, 0.25) is 0 Å². The number of alkyl halides is 1. The van der Waals surface area contributed by atoms with Gasteiger partial charge in [-0.2, -0.15) is 0 Å². The lowest BCUT2D eigenvalue weighted by Gasteiger charge is -1.97. The molecule has 0 saturated heterocycles. The van der Waals surface area contributed by atoms with Gasteiger partial charge in [0, 0.05) is 0 Å². The molecule has 0 amide bonds. The highest BCUT2D eigenvalue weighted by molar-refractivity contribution is 4.47. The van der Waals surface area contributed by atoms with Crippen LogP contribution in [0.25, 0.3) is 0 Å². The lowest BCUT2D eigenvalue weighted by atomic mass is 10.3. The first kappa shape index (κ1) is 6.89. The maximum absolute atomic E-state index is 11.8. The molecule has 0 bridgehead atoms. The van der Waals surface area contributed by atoms with Crippen LogP contribution >= 0.6 is 0 Å². The zero-order chi connectivity index (χ0) is 5.70. The largest absolute Gasteiger partial charge is 0.320 e. The smallest absolute Gasteiger partial charge is 0.0985 e. The lowest BCUT2D eigenvalue weighted by molar-refractivity contribution is 0.339. The normalized spacial score (nSPS) is 14.1. The zero-order valence-corrected chi connectivity index (χ0v) is 4.87. The molecule has 0 rings (SSSR count). The molecular weight excluding hydrogens is 93.1 g/mol. The fraction of sp³-hybridized carbons (Fsp3) is 1.00. The van der Waals surface area contributed by atoms with Gasteiger partial charge in [0.15, 0.2) is 0 Å². The van der Waals surface area contributed by atoms with Crippen LogP contribution in [-0.2, 0) is 0 Å². The van der Waals surface area contributed by atoms with Crippen molar-refractivity contribution in [2.75, 3.05) is 13.6 Å². The Balaban J connectivity index is 2.68. The van der Waals surface area contributed by atoms with Gasteiger partial charge in [0.25, 0.3) is 0 Å². The Bertz CT molecular complexity index is 37.1. The number of hydrogen-bond donors (Lipinski definition) is 1. The SMILES string of the molecule is CNCC[C@@H](C)F. The molecule has 44 valence electrons. The summed E-state index contributed by atoms with van der Waals surface area (Å²) in [5.41, 5.74) is 0. The van der Waals surface area contributed by atoms with Gasteiger partial charge in [-0.25, -0.2) is 4.39 Å². The fourth-order valence-corrected chi connectivity index (χ4v) is 0.343. The fourth-order valence-electron chi connectivity index (χ4n) is 0.343. The van der Waals surface area contributed by atoms with Gasteiger partial charge in [-0.05, 0) is 26.9 Å². The van der Waals surface area contributed by atoms with Gasteiger partial charge in [0.1, 0.15) is 0 Å². The second-order valence-corrected chi connectivity index (χ2v) is 1.67. The second-order valence-electron chi connectivity index (χ2n) is 1.67. The topological polar surface area (TPSA) is 12.0 Å². The summed E-state index contributed by atoms with van der Waals surface area (Å²) in [5.74, 6) is 0. The van der Waals surface area contributed by atoms with E-state index in [9.17, 15) is 4.39 Å². The van der Waals surface area contributed by atoms with Crippen molar-refractivity contribution in [3.8, 4) is 0 Å². The Morgan fingerprint density at radius 2 is 2.29 bits per heavy atom. The van der Waals surface area contributed by atoms with Gasteiger partial charge in [0.05, 0.1) is 6.17 Å². The van der Waals surface area contributed by atoms with Crippen molar-refractivity contribution in [1.29, 1.82) is 0 Å². The molecule has 0 saturated carbocycles. The van der Waals surface area contributed by atoms with E-state index in [0.29, 0.717) is 6.42 Å². The van der Waals surface area contributed by atoms with E-state index in [4.69, 9.17) is 0 Å². The second kappa shape index (κ2) is 4.06. The predicted octanol–water partition coefficient (Wildman–Crippen LogP) is 0.954. The standard InChI is InChI=1S/C5H12FN/c1-5(6)3-4-7-2/h5,7H,3-4H2,1-2H3/t5-/m1/s1. The number of hydrogen-bond acceptors (Lipinski definition) is 1. The number of halogens is 1. The third-order valence-corrected chi connectivity index (χ3v) is 0.792. The molecule has 0 spiro atoms. The van der Waals surface area contributed by atoms with E-state index in [-0.39, 0.29) is 0 Å². The van der Waals surface area contributed by atoms with Gasteiger partial charge in [-0.3, -0.25) is 0 Å². The van der Waals surface area contributed by atoms with E-state index in [2.05, 4.69) is 5.32 Å². The van der Waals surface area contributed by atoms with Crippen molar-refractivity contribution in [2.45, 2.75) is 19.5 Å². The monoisotopic (exact) mass is 105 g/mol. The van der Waals surface area contributed by atoms with Gasteiger partial charge < -0.3 is 5.32 Å². The average molecular weight is 105 g/mol. The van der Waals surface area contributed by atoms with E-state index in [1.54, 1.807) is 6.92 Å². The Kier molecular flexibility index (Phi) is 4.00. The van der Waals surface area contributed by atoms with Crippen LogP contribution in [0, 0.1) is 0 Å². The molecule has 1 atom stereocenters. The molecule has 0 aliphatic rings. The molecule has 1 N–H and O–H groups in total. The Morgan fingerprint density at radius 1 is 1.71 bits per heavy atom. The molecule has 1 nitrogen and oxygen atoms in total. The van der Waals surface area contributed by atoms with Crippen molar-refractivity contribution < 1.29 is 4.39 Å². The summed E-state index contributed by atoms with van der Waals surface area (Å²) in [4.78, 5) is 0. The molecule has 0 aromatic heterocycles. The first-order valence-electron chi connectivity index (χ1n) is 2.56. The highest BCUT2D eigenvalue weighted by atomic mass is 19.1. The number of rotatable bonds is 3. The summed E-state index contributed by atoms with van der Waals surface area (Å²) in [6.07, 6.45) is -0.0382. The highest BCUT2D eigenvalue weighted by Crippen LogP contribution is 1.91. The molecule has 0 unspecified atom stereocenters. The molecule has 0 aromatic rings. The Hall–Kier alpha value is -0.110. The van der Waals surface area contributed by atoms with Gasteiger partial charge in [0.2, 0.25) is 0 Å². The summed E-state index contributed by atoms with van der Waals surface area (Å²) in [6, 6.07) is 0. The van der Waals surface area contributed by atoms with Crippen molar-refractivity contribution >= 4 is 0 Å². The average Bonchev–Trinajstić information content (AvgIpc) is 1.61. The molecule has 2 heteroatoms. The molecule has 0 aliphatic heterocycles. The van der Waals surface area contributed by atoms with Gasteiger partial charge in [-0.1, -0.05) is 0 Å². The molecule has 7 heavy (non-hydrogen) atoms. The summed E-state index contributed by atoms with van der Waals surface area (Å²) in [5, 5.41) is 2.86. The first-order valence-corrected chi connectivity index (χ1v) is 2.56. The van der Waals surface area contributed by atoms with Crippen molar-refractivity contribution in [1.82, 2.24) is 5.32 Å². The van der Waals surface area contributed by atoms with Gasteiger partial charge in [-0.15, -0.1) is 0 Å². The quantitative estimate of drug-likeness (QED) is 0.563. The van der Waals surface area contributed by atoms with Crippen LogP contribution in [0.1, 0.15) is 13.3 Å². The third kappa shape index (κ3) is 5.89. The minimum absolute atomic E-state index is 0.622. The molecule has 0 heterocycles. The molecular formula is C5H12FN. The van der Waals surface area contributed by atoms with E-state index in [1.165, 1.54) is 0 Å². The van der Waals surface area contributed by atoms with Crippen LogP contribution in [0.15, 0.2) is 0 Å². The zero-order valence-electron chi connectivity index (χ0n) is 4.87. The van der Waals surface area contributed by atoms with Crippen LogP contribution in [-0.4, -0.2) is 19.8 Å². The Labute approximate surface area is 43.9 Å². The van der Waals surface area contributed by atoms with E-state index >= 15 is 0 Å². The predicted molar refractivity (Wildman–Crippen MR) is 29.1 cm³/mol.